The summed E-state index contributed by atoms with van der Waals surface area (Å²) in [6, 6.07) is 53.2. The second-order valence-corrected chi connectivity index (χ2v) is 10.9. The molecule has 9 rings (SSSR count). The molecule has 0 saturated heterocycles. The number of furan rings is 2. The summed E-state index contributed by atoms with van der Waals surface area (Å²) in [7, 11) is 0. The van der Waals surface area contributed by atoms with Crippen LogP contribution in [0.2, 0.25) is 0 Å². The first-order valence-corrected chi connectivity index (χ1v) is 14.5. The summed E-state index contributed by atoms with van der Waals surface area (Å²) in [4.78, 5) is 2.35. The molecule has 0 aliphatic carbocycles. The van der Waals surface area contributed by atoms with Crippen molar-refractivity contribution in [2.45, 2.75) is 0 Å². The lowest BCUT2D eigenvalue weighted by Gasteiger charge is -2.27. The molecule has 2 heterocycles. The fraction of sp³-hybridized carbons (Fsp3) is 0. The van der Waals surface area contributed by atoms with Crippen LogP contribution in [-0.2, 0) is 0 Å². The van der Waals surface area contributed by atoms with E-state index in [0.717, 1.165) is 60.9 Å². The number of para-hydroxylation sites is 2. The van der Waals surface area contributed by atoms with Gasteiger partial charge in [0.2, 0.25) is 0 Å². The number of hydrogen-bond acceptors (Lipinski definition) is 3. The van der Waals surface area contributed by atoms with E-state index in [1.807, 2.05) is 36.4 Å². The Morgan fingerprint density at radius 3 is 1.51 bits per heavy atom. The molecule has 3 nitrogen and oxygen atoms in total. The highest BCUT2D eigenvalue weighted by Gasteiger charge is 2.22. The molecule has 202 valence electrons. The maximum atomic E-state index is 6.32. The van der Waals surface area contributed by atoms with Crippen molar-refractivity contribution < 1.29 is 8.83 Å². The van der Waals surface area contributed by atoms with Gasteiger partial charge in [-0.3, -0.25) is 0 Å². The molecule has 43 heavy (non-hydrogen) atoms. The maximum absolute atomic E-state index is 6.32. The molecule has 0 bridgehead atoms. The van der Waals surface area contributed by atoms with E-state index in [4.69, 9.17) is 8.83 Å². The summed E-state index contributed by atoms with van der Waals surface area (Å²) in [5.41, 5.74) is 9.02. The largest absolute Gasteiger partial charge is 0.456 e. The second-order valence-electron chi connectivity index (χ2n) is 10.9. The first-order chi connectivity index (χ1) is 21.3. The zero-order valence-electron chi connectivity index (χ0n) is 23.2. The van der Waals surface area contributed by atoms with Crippen LogP contribution in [0.5, 0.6) is 0 Å². The van der Waals surface area contributed by atoms with Gasteiger partial charge in [0, 0.05) is 16.5 Å². The van der Waals surface area contributed by atoms with Crippen LogP contribution in [0.1, 0.15) is 0 Å². The van der Waals surface area contributed by atoms with Crippen LogP contribution < -0.4 is 4.90 Å². The van der Waals surface area contributed by atoms with E-state index < -0.39 is 0 Å². The summed E-state index contributed by atoms with van der Waals surface area (Å²) < 4.78 is 12.6. The standard InChI is InChI=1S/C40H25NO2/c1-2-10-28-25-29(20-19-26(28)9-1)27-21-23-30(24-22-27)41(33-13-7-17-37-39(33)31-11-3-5-15-35(31)42-37)34-14-8-18-38-40(34)32-12-4-6-16-36(32)43-38/h1-25H. The monoisotopic (exact) mass is 551 g/mol. The molecule has 2 aromatic heterocycles. The van der Waals surface area contributed by atoms with E-state index in [9.17, 15) is 0 Å². The summed E-state index contributed by atoms with van der Waals surface area (Å²) in [5.74, 6) is 0. The first kappa shape index (κ1) is 23.9. The van der Waals surface area contributed by atoms with Crippen molar-refractivity contribution in [1.29, 1.82) is 0 Å². The fourth-order valence-corrected chi connectivity index (χ4v) is 6.46. The topological polar surface area (TPSA) is 29.5 Å². The minimum absolute atomic E-state index is 0.862. The molecule has 7 aromatic carbocycles. The number of rotatable bonds is 4. The summed E-state index contributed by atoms with van der Waals surface area (Å²) in [6.45, 7) is 0. The summed E-state index contributed by atoms with van der Waals surface area (Å²) in [5, 5.41) is 6.84. The van der Waals surface area contributed by atoms with Crippen LogP contribution in [0.15, 0.2) is 160 Å². The summed E-state index contributed by atoms with van der Waals surface area (Å²) in [6.07, 6.45) is 0. The Morgan fingerprint density at radius 1 is 0.372 bits per heavy atom. The summed E-state index contributed by atoms with van der Waals surface area (Å²) >= 11 is 0. The molecule has 9 aromatic rings. The zero-order chi connectivity index (χ0) is 28.3. The predicted molar refractivity (Wildman–Crippen MR) is 179 cm³/mol. The highest BCUT2D eigenvalue weighted by atomic mass is 16.3. The van der Waals surface area contributed by atoms with Gasteiger partial charge in [-0.1, -0.05) is 97.1 Å². The molecule has 3 heteroatoms. The quantitative estimate of drug-likeness (QED) is 0.218. The molecule has 0 atom stereocenters. The van der Waals surface area contributed by atoms with Crippen molar-refractivity contribution in [3.05, 3.63) is 152 Å². The smallest absolute Gasteiger partial charge is 0.137 e. The highest BCUT2D eigenvalue weighted by Crippen LogP contribution is 2.47. The number of hydrogen-bond donors (Lipinski definition) is 0. The lowest BCUT2D eigenvalue weighted by molar-refractivity contribution is 0.668. The van der Waals surface area contributed by atoms with Crippen LogP contribution in [-0.4, -0.2) is 0 Å². The third-order valence-corrected chi connectivity index (χ3v) is 8.45. The second kappa shape index (κ2) is 9.37. The normalized spacial score (nSPS) is 11.7. The van der Waals surface area contributed by atoms with Crippen molar-refractivity contribution in [3.8, 4) is 11.1 Å². The molecule has 0 amide bonds. The molecule has 0 saturated carbocycles. The van der Waals surface area contributed by atoms with Crippen molar-refractivity contribution >= 4 is 71.7 Å². The Morgan fingerprint density at radius 2 is 0.884 bits per heavy atom. The van der Waals surface area contributed by atoms with Gasteiger partial charge in [0.05, 0.1) is 22.1 Å². The maximum Gasteiger partial charge on any atom is 0.137 e. The van der Waals surface area contributed by atoms with Crippen molar-refractivity contribution in [1.82, 2.24) is 0 Å². The average molecular weight is 552 g/mol. The Hall–Kier alpha value is -5.80. The van der Waals surface area contributed by atoms with Crippen LogP contribution in [0.3, 0.4) is 0 Å². The Bertz CT molecular complexity index is 2350. The van der Waals surface area contributed by atoms with Gasteiger partial charge in [-0.2, -0.15) is 0 Å². The fourth-order valence-electron chi connectivity index (χ4n) is 6.46. The first-order valence-electron chi connectivity index (χ1n) is 14.5. The third-order valence-electron chi connectivity index (χ3n) is 8.45. The van der Waals surface area contributed by atoms with Crippen molar-refractivity contribution in [2.24, 2.45) is 0 Å². The predicted octanol–water partition coefficient (Wildman–Crippen LogP) is 11.8. The van der Waals surface area contributed by atoms with Crippen molar-refractivity contribution in [2.75, 3.05) is 4.90 Å². The third kappa shape index (κ3) is 3.75. The van der Waals surface area contributed by atoms with E-state index in [-0.39, 0.29) is 0 Å². The number of fused-ring (bicyclic) bond motifs is 7. The molecule has 0 aliphatic rings. The number of anilines is 3. The van der Waals surface area contributed by atoms with Gasteiger partial charge in [-0.05, 0) is 76.5 Å². The minimum Gasteiger partial charge on any atom is -0.456 e. The van der Waals surface area contributed by atoms with Crippen LogP contribution >= 0.6 is 0 Å². The molecule has 0 fully saturated rings. The lowest BCUT2D eigenvalue weighted by atomic mass is 10.0. The molecular formula is C40H25NO2. The molecule has 0 N–H and O–H groups in total. The highest BCUT2D eigenvalue weighted by molar-refractivity contribution is 6.17. The van der Waals surface area contributed by atoms with Gasteiger partial charge in [0.15, 0.2) is 0 Å². The molecule has 0 unspecified atom stereocenters. The molecule has 0 spiro atoms. The molecule has 0 aliphatic heterocycles. The van der Waals surface area contributed by atoms with E-state index in [2.05, 4.69) is 120 Å². The van der Waals surface area contributed by atoms with Gasteiger partial charge in [-0.25, -0.2) is 0 Å². The van der Waals surface area contributed by atoms with Gasteiger partial charge < -0.3 is 13.7 Å². The van der Waals surface area contributed by atoms with E-state index in [1.165, 1.54) is 21.9 Å². The van der Waals surface area contributed by atoms with E-state index in [1.54, 1.807) is 0 Å². The Labute approximate surface area is 247 Å². The lowest BCUT2D eigenvalue weighted by Crippen LogP contribution is -2.10. The van der Waals surface area contributed by atoms with Crippen LogP contribution in [0.25, 0.3) is 65.8 Å². The van der Waals surface area contributed by atoms with Crippen LogP contribution in [0.4, 0.5) is 17.1 Å². The number of nitrogens with zero attached hydrogens (tertiary/aromatic N) is 1. The minimum atomic E-state index is 0.862. The van der Waals surface area contributed by atoms with E-state index in [0.29, 0.717) is 0 Å². The van der Waals surface area contributed by atoms with Gasteiger partial charge >= 0.3 is 0 Å². The van der Waals surface area contributed by atoms with Gasteiger partial charge in [0.1, 0.15) is 22.3 Å². The van der Waals surface area contributed by atoms with Crippen LogP contribution in [0, 0.1) is 0 Å². The Balaban J connectivity index is 1.29. The van der Waals surface area contributed by atoms with E-state index >= 15 is 0 Å². The number of benzene rings is 7. The average Bonchev–Trinajstić information content (AvgIpc) is 3.64. The molecule has 0 radical (unpaired) electrons. The van der Waals surface area contributed by atoms with Crippen molar-refractivity contribution in [3.63, 3.8) is 0 Å². The SMILES string of the molecule is c1ccc2cc(-c3ccc(N(c4cccc5oc6ccccc6c45)c4cccc5oc6ccccc6c45)cc3)ccc2c1. The van der Waals surface area contributed by atoms with Gasteiger partial charge in [-0.15, -0.1) is 0 Å². The zero-order valence-corrected chi connectivity index (χ0v) is 23.2. The Kier molecular flexibility index (Phi) is 5.20. The van der Waals surface area contributed by atoms with Gasteiger partial charge in [0.25, 0.3) is 0 Å². The molecular weight excluding hydrogens is 526 g/mol.